The lowest BCUT2D eigenvalue weighted by Crippen LogP contribution is -2.49. The predicted molar refractivity (Wildman–Crippen MR) is 126 cm³/mol. The first-order chi connectivity index (χ1) is 15.5. The minimum absolute atomic E-state index is 0.136. The summed E-state index contributed by atoms with van der Waals surface area (Å²) in [6.07, 6.45) is 8.74. The summed E-state index contributed by atoms with van der Waals surface area (Å²) in [5.41, 5.74) is 0.169. The summed E-state index contributed by atoms with van der Waals surface area (Å²) in [7, 11) is 0. The van der Waals surface area contributed by atoms with E-state index in [4.69, 9.17) is 4.74 Å². The van der Waals surface area contributed by atoms with Gasteiger partial charge < -0.3 is 9.84 Å². The molecule has 6 nitrogen and oxygen atoms in total. The Morgan fingerprint density at radius 3 is 2.58 bits per heavy atom. The quantitative estimate of drug-likeness (QED) is 0.230. The molecule has 0 aromatic heterocycles. The fourth-order valence-electron chi connectivity index (χ4n) is 4.80. The molecule has 0 radical (unpaired) electrons. The molecule has 6 heteroatoms. The van der Waals surface area contributed by atoms with Gasteiger partial charge in [-0.3, -0.25) is 14.4 Å². The Hall–Kier alpha value is -2.76. The molecule has 1 saturated carbocycles. The number of carboxylic acid groups (broad SMARTS) is 1. The number of esters is 1. The second kappa shape index (κ2) is 10.9. The lowest BCUT2D eigenvalue weighted by atomic mass is 9.56. The maximum Gasteiger partial charge on any atom is 0.334 e. The Labute approximate surface area is 196 Å². The SMILES string of the molecule is C=C(C=O)[C@@H]1C[C@@]2(C)C(=CC1=O)[C@H](OC(=O)/C(C)=C/C=C/C(C)C(C)CC)CC[C@@H]2C(=O)O. The molecule has 2 rings (SSSR count). The average molecular weight is 457 g/mol. The third-order valence-corrected chi connectivity index (χ3v) is 7.53. The molecule has 1 fully saturated rings. The molecule has 0 bridgehead atoms. The van der Waals surface area contributed by atoms with Crippen molar-refractivity contribution in [1.29, 1.82) is 0 Å². The minimum Gasteiger partial charge on any atom is -0.481 e. The van der Waals surface area contributed by atoms with Gasteiger partial charge in [0.25, 0.3) is 0 Å². The van der Waals surface area contributed by atoms with Crippen LogP contribution < -0.4 is 0 Å². The van der Waals surface area contributed by atoms with Crippen LogP contribution in [-0.4, -0.2) is 35.2 Å². The largest absolute Gasteiger partial charge is 0.481 e. The first-order valence-corrected chi connectivity index (χ1v) is 11.6. The molecule has 180 valence electrons. The summed E-state index contributed by atoms with van der Waals surface area (Å²) in [5.74, 6) is -2.34. The number of aldehydes is 1. The summed E-state index contributed by atoms with van der Waals surface area (Å²) in [5, 5.41) is 9.82. The number of aliphatic carboxylic acids is 1. The Morgan fingerprint density at radius 2 is 2.00 bits per heavy atom. The van der Waals surface area contributed by atoms with E-state index in [9.17, 15) is 24.3 Å². The van der Waals surface area contributed by atoms with Gasteiger partial charge in [0.1, 0.15) is 12.4 Å². The van der Waals surface area contributed by atoms with E-state index in [0.29, 0.717) is 42.1 Å². The summed E-state index contributed by atoms with van der Waals surface area (Å²) in [6, 6.07) is 0. The van der Waals surface area contributed by atoms with Crippen molar-refractivity contribution in [3.8, 4) is 0 Å². The van der Waals surface area contributed by atoms with E-state index in [2.05, 4.69) is 33.4 Å². The molecular weight excluding hydrogens is 420 g/mol. The lowest BCUT2D eigenvalue weighted by molar-refractivity contribution is -0.152. The molecule has 6 atom stereocenters. The molecule has 0 aromatic carbocycles. The van der Waals surface area contributed by atoms with Crippen LogP contribution in [0.3, 0.4) is 0 Å². The van der Waals surface area contributed by atoms with Gasteiger partial charge >= 0.3 is 11.9 Å². The van der Waals surface area contributed by atoms with Crippen LogP contribution in [0.1, 0.15) is 60.3 Å². The Kier molecular flexibility index (Phi) is 8.76. The van der Waals surface area contributed by atoms with Gasteiger partial charge in [0, 0.05) is 11.0 Å². The smallest absolute Gasteiger partial charge is 0.334 e. The zero-order valence-corrected chi connectivity index (χ0v) is 20.3. The highest BCUT2D eigenvalue weighted by atomic mass is 16.5. The average Bonchev–Trinajstić information content (AvgIpc) is 2.77. The minimum atomic E-state index is -0.963. The first-order valence-electron chi connectivity index (χ1n) is 11.6. The highest BCUT2D eigenvalue weighted by Crippen LogP contribution is 2.53. The van der Waals surface area contributed by atoms with Crippen LogP contribution in [0.15, 0.2) is 47.6 Å². The number of ketones is 1. The number of hydrogen-bond donors (Lipinski definition) is 1. The predicted octanol–water partition coefficient (Wildman–Crippen LogP) is 4.85. The molecule has 0 saturated heterocycles. The third-order valence-electron chi connectivity index (χ3n) is 7.53. The highest BCUT2D eigenvalue weighted by molar-refractivity contribution is 6.00. The van der Waals surface area contributed by atoms with Crippen molar-refractivity contribution in [2.75, 3.05) is 0 Å². The van der Waals surface area contributed by atoms with Gasteiger partial charge in [-0.05, 0) is 55.2 Å². The number of allylic oxidation sites excluding steroid dienone is 5. The monoisotopic (exact) mass is 456 g/mol. The van der Waals surface area contributed by atoms with Crippen molar-refractivity contribution in [2.24, 2.45) is 29.1 Å². The summed E-state index contributed by atoms with van der Waals surface area (Å²) in [6.45, 7) is 13.6. The van der Waals surface area contributed by atoms with Crippen LogP contribution in [-0.2, 0) is 23.9 Å². The van der Waals surface area contributed by atoms with E-state index in [0.717, 1.165) is 6.42 Å². The van der Waals surface area contributed by atoms with E-state index >= 15 is 0 Å². The maximum absolute atomic E-state index is 12.8. The Morgan fingerprint density at radius 1 is 1.33 bits per heavy atom. The van der Waals surface area contributed by atoms with Crippen LogP contribution in [0.25, 0.3) is 0 Å². The molecule has 0 spiro atoms. The molecule has 0 aliphatic heterocycles. The van der Waals surface area contributed by atoms with Crippen LogP contribution in [0, 0.1) is 29.1 Å². The third kappa shape index (κ3) is 5.79. The molecule has 0 heterocycles. The van der Waals surface area contributed by atoms with Crippen LogP contribution in [0.4, 0.5) is 0 Å². The van der Waals surface area contributed by atoms with Crippen molar-refractivity contribution in [2.45, 2.75) is 66.4 Å². The van der Waals surface area contributed by atoms with Gasteiger partial charge in [0.05, 0.1) is 11.8 Å². The molecule has 0 aromatic rings. The van der Waals surface area contributed by atoms with Crippen LogP contribution in [0.5, 0.6) is 0 Å². The molecule has 1 N–H and O–H groups in total. The van der Waals surface area contributed by atoms with Gasteiger partial charge in [0.15, 0.2) is 5.78 Å². The van der Waals surface area contributed by atoms with Gasteiger partial charge in [-0.1, -0.05) is 58.9 Å². The molecule has 2 aliphatic rings. The van der Waals surface area contributed by atoms with E-state index in [1.807, 2.05) is 6.08 Å². The van der Waals surface area contributed by atoms with Crippen molar-refractivity contribution in [3.05, 3.63) is 47.6 Å². The maximum atomic E-state index is 12.8. The number of ether oxygens (including phenoxy) is 1. The summed E-state index contributed by atoms with van der Waals surface area (Å²) in [4.78, 5) is 48.7. The fourth-order valence-corrected chi connectivity index (χ4v) is 4.80. The van der Waals surface area contributed by atoms with Gasteiger partial charge in [-0.2, -0.15) is 0 Å². The first kappa shape index (κ1) is 26.5. The number of carboxylic acids is 1. The van der Waals surface area contributed by atoms with Crippen molar-refractivity contribution in [1.82, 2.24) is 0 Å². The van der Waals surface area contributed by atoms with E-state index in [-0.39, 0.29) is 17.8 Å². The molecule has 2 unspecified atom stereocenters. The zero-order chi connectivity index (χ0) is 24.9. The normalized spacial score (nSPS) is 29.6. The van der Waals surface area contributed by atoms with E-state index < -0.39 is 35.3 Å². The van der Waals surface area contributed by atoms with Gasteiger partial charge in [0.2, 0.25) is 0 Å². The number of fused-ring (bicyclic) bond motifs is 1. The molecule has 0 amide bonds. The second-order valence-corrected chi connectivity index (χ2v) is 9.71. The van der Waals surface area contributed by atoms with E-state index in [1.165, 1.54) is 6.08 Å². The topological polar surface area (TPSA) is 97.7 Å². The van der Waals surface area contributed by atoms with Crippen LogP contribution >= 0.6 is 0 Å². The van der Waals surface area contributed by atoms with Crippen molar-refractivity contribution in [3.63, 3.8) is 0 Å². The number of carbonyl (C=O) groups excluding carboxylic acids is 3. The highest BCUT2D eigenvalue weighted by Gasteiger charge is 2.53. The van der Waals surface area contributed by atoms with Crippen molar-refractivity contribution >= 4 is 24.0 Å². The van der Waals surface area contributed by atoms with Crippen LogP contribution in [0.2, 0.25) is 0 Å². The standard InChI is InChI=1S/C27H36O6/c1-7-16(2)17(3)9-8-10-18(4)26(32)33-24-12-11-21(25(30)31)27(6)14-20(19(5)15-28)23(29)13-22(24)27/h8-10,13,15-17,20-21,24H,5,7,11-12,14H2,1-4,6H3,(H,30,31)/b9-8+,18-10+/t16?,17?,20-,21+,24+,27+/m0/s1. The fraction of sp³-hybridized carbons (Fsp3) is 0.556. The Balaban J connectivity index is 2.26. The second-order valence-electron chi connectivity index (χ2n) is 9.71. The number of hydrogen-bond acceptors (Lipinski definition) is 5. The Bertz CT molecular complexity index is 908. The van der Waals surface area contributed by atoms with E-state index in [1.54, 1.807) is 19.9 Å². The van der Waals surface area contributed by atoms with Crippen molar-refractivity contribution < 1.29 is 29.0 Å². The molecule has 33 heavy (non-hydrogen) atoms. The number of carbonyl (C=O) groups is 4. The van der Waals surface area contributed by atoms with Gasteiger partial charge in [-0.25, -0.2) is 4.79 Å². The zero-order valence-electron chi connectivity index (χ0n) is 20.3. The summed E-state index contributed by atoms with van der Waals surface area (Å²) < 4.78 is 5.77. The molecular formula is C27H36O6. The summed E-state index contributed by atoms with van der Waals surface area (Å²) >= 11 is 0. The lowest BCUT2D eigenvalue weighted by Gasteiger charge is -2.48. The van der Waals surface area contributed by atoms with Gasteiger partial charge in [-0.15, -0.1) is 0 Å². The number of rotatable bonds is 9. The molecule has 2 aliphatic carbocycles.